The van der Waals surface area contributed by atoms with Gasteiger partial charge in [0.15, 0.2) is 11.2 Å². The van der Waals surface area contributed by atoms with Crippen molar-refractivity contribution in [3.8, 4) is 0 Å². The number of hydrogen-bond acceptors (Lipinski definition) is 9. The highest BCUT2D eigenvalue weighted by Crippen LogP contribution is 2.76. The van der Waals surface area contributed by atoms with Crippen molar-refractivity contribution in [1.82, 2.24) is 0 Å². The van der Waals surface area contributed by atoms with Gasteiger partial charge in [-0.05, 0) is 56.8 Å². The van der Waals surface area contributed by atoms with Crippen LogP contribution in [0.25, 0.3) is 0 Å². The summed E-state index contributed by atoms with van der Waals surface area (Å²) in [5.74, 6) is -4.58. The summed E-state index contributed by atoms with van der Waals surface area (Å²) in [4.78, 5) is 68.1. The van der Waals surface area contributed by atoms with E-state index in [2.05, 4.69) is 26.3 Å². The third-order valence-electron chi connectivity index (χ3n) is 12.8. The first-order chi connectivity index (χ1) is 21.4. The number of hydrogen-bond donors (Lipinski definition) is 0. The molecule has 0 bridgehead atoms. The number of carbonyl (C=O) groups excluding carboxylic acids is 5. The van der Waals surface area contributed by atoms with Crippen molar-refractivity contribution in [2.75, 3.05) is 0 Å². The zero-order chi connectivity index (χ0) is 32.2. The number of rotatable bonds is 4. The zero-order valence-electron chi connectivity index (χ0n) is 26.2. The fourth-order valence-electron chi connectivity index (χ4n) is 11.0. The normalized spacial score (nSPS) is 44.8. The second-order valence-corrected chi connectivity index (χ2v) is 14.3. The summed E-state index contributed by atoms with van der Waals surface area (Å²) in [6, 6.07) is 0. The second kappa shape index (κ2) is 10.0. The molecule has 2 aliphatic heterocycles. The van der Waals surface area contributed by atoms with Gasteiger partial charge < -0.3 is 18.9 Å². The molecule has 1 spiro atoms. The van der Waals surface area contributed by atoms with E-state index in [1.54, 1.807) is 13.8 Å². The van der Waals surface area contributed by atoms with E-state index in [0.29, 0.717) is 36.8 Å². The van der Waals surface area contributed by atoms with E-state index in [0.717, 1.165) is 11.1 Å². The van der Waals surface area contributed by atoms with E-state index >= 15 is 0 Å². The molecule has 45 heavy (non-hydrogen) atoms. The molecule has 9 heteroatoms. The molecule has 7 rings (SSSR count). The van der Waals surface area contributed by atoms with Gasteiger partial charge >= 0.3 is 23.9 Å². The third kappa shape index (κ3) is 3.64. The van der Waals surface area contributed by atoms with Crippen molar-refractivity contribution in [2.24, 2.45) is 40.9 Å². The maximum Gasteiger partial charge on any atom is 0.334 e. The van der Waals surface area contributed by atoms with E-state index in [9.17, 15) is 24.0 Å². The summed E-state index contributed by atoms with van der Waals surface area (Å²) >= 11 is 0. The second-order valence-electron chi connectivity index (χ2n) is 14.3. The van der Waals surface area contributed by atoms with Crippen LogP contribution in [0.2, 0.25) is 0 Å². The maximum atomic E-state index is 14.9. The molecule has 0 aromatic heterocycles. The van der Waals surface area contributed by atoms with Gasteiger partial charge in [-0.15, -0.1) is 0 Å². The number of Topliss-reactive ketones (excluding diaryl/α,β-unsaturated/α-hetero) is 1. The van der Waals surface area contributed by atoms with Gasteiger partial charge in [0.05, 0.1) is 5.41 Å². The Hall–Kier alpha value is -3.49. The first-order valence-corrected chi connectivity index (χ1v) is 16.5. The lowest BCUT2D eigenvalue weighted by atomic mass is 9.59. The molecule has 7 fully saturated rings. The van der Waals surface area contributed by atoms with Crippen LogP contribution in [-0.2, 0) is 42.9 Å². The minimum Gasteiger partial charge on any atom is -0.458 e. The van der Waals surface area contributed by atoms with Crippen LogP contribution in [-0.4, -0.2) is 53.1 Å². The van der Waals surface area contributed by atoms with Gasteiger partial charge in [-0.2, -0.15) is 0 Å². The van der Waals surface area contributed by atoms with Crippen LogP contribution < -0.4 is 0 Å². The van der Waals surface area contributed by atoms with Crippen LogP contribution in [0.5, 0.6) is 0 Å². The number of ether oxygens (including phenoxy) is 4. The Kier molecular flexibility index (Phi) is 6.71. The Morgan fingerprint density at radius 1 is 0.756 bits per heavy atom. The molecule has 2 heterocycles. The van der Waals surface area contributed by atoms with E-state index in [4.69, 9.17) is 18.9 Å². The lowest BCUT2D eigenvalue weighted by Crippen LogP contribution is -2.66. The fourth-order valence-corrected chi connectivity index (χ4v) is 11.0. The van der Waals surface area contributed by atoms with Gasteiger partial charge in [-0.3, -0.25) is 14.4 Å². The van der Waals surface area contributed by atoms with Crippen LogP contribution in [0.3, 0.4) is 0 Å². The average Bonchev–Trinajstić information content (AvgIpc) is 3.67. The first-order valence-electron chi connectivity index (χ1n) is 16.5. The topological polar surface area (TPSA) is 122 Å². The Morgan fingerprint density at radius 3 is 1.87 bits per heavy atom. The molecule has 1 unspecified atom stereocenters. The summed E-state index contributed by atoms with van der Waals surface area (Å²) in [5.41, 5.74) is -1.92. The molecule has 5 saturated carbocycles. The predicted molar refractivity (Wildman–Crippen MR) is 160 cm³/mol. The predicted octanol–water partition coefficient (Wildman–Crippen LogP) is 4.89. The molecule has 11 atom stereocenters. The summed E-state index contributed by atoms with van der Waals surface area (Å²) in [6.45, 7) is 20.4. The Balaban J connectivity index is 1.50. The van der Waals surface area contributed by atoms with Gasteiger partial charge in [-0.1, -0.05) is 51.3 Å². The number of esters is 4. The van der Waals surface area contributed by atoms with E-state index in [1.165, 1.54) is 0 Å². The van der Waals surface area contributed by atoms with Gasteiger partial charge in [0.1, 0.15) is 18.0 Å². The molecule has 5 aliphatic carbocycles. The number of allylic oxidation sites excluding steroid dienone is 2. The number of fused-ring (bicyclic) bond motifs is 10. The summed E-state index contributed by atoms with van der Waals surface area (Å²) < 4.78 is 25.5. The molecule has 0 amide bonds. The summed E-state index contributed by atoms with van der Waals surface area (Å²) in [6.07, 6.45) is 1.97. The average molecular weight is 619 g/mol. The molecule has 9 nitrogen and oxygen atoms in total. The summed E-state index contributed by atoms with van der Waals surface area (Å²) in [5, 5.41) is 0. The zero-order valence-corrected chi connectivity index (χ0v) is 26.2. The smallest absolute Gasteiger partial charge is 0.334 e. The molecule has 0 aromatic rings. The Morgan fingerprint density at radius 2 is 1.29 bits per heavy atom. The van der Waals surface area contributed by atoms with Crippen LogP contribution in [0.15, 0.2) is 48.6 Å². The molecule has 240 valence electrons. The molecule has 0 aromatic carbocycles. The highest BCUT2D eigenvalue weighted by Gasteiger charge is 2.87. The van der Waals surface area contributed by atoms with E-state index in [-0.39, 0.29) is 68.0 Å². The minimum atomic E-state index is -1.61. The Labute approximate surface area is 263 Å². The fraction of sp³-hybridized carbons (Fsp3) is 0.639. The van der Waals surface area contributed by atoms with E-state index in [1.807, 2.05) is 0 Å². The summed E-state index contributed by atoms with van der Waals surface area (Å²) in [7, 11) is 0. The molecule has 0 radical (unpaired) electrons. The van der Waals surface area contributed by atoms with Crippen LogP contribution in [0.4, 0.5) is 0 Å². The SMILES string of the molecule is C=C1CC[C@H]2C(=C)C(=O)O[C@@H]2C2[C@H]1CC(=O)[C@]21CC[C@]2(OC(=O)CC)[C@@H]3[C@H]4OC(=O)C(=C)[C@@H]4CCC(=C)[C@@H]3C[C@@]21OC(=O)CC. The third-order valence-corrected chi connectivity index (χ3v) is 12.8. The van der Waals surface area contributed by atoms with Crippen LogP contribution >= 0.6 is 0 Å². The number of ketones is 1. The van der Waals surface area contributed by atoms with Crippen molar-refractivity contribution >= 4 is 29.7 Å². The van der Waals surface area contributed by atoms with Gasteiger partial charge in [0.2, 0.25) is 0 Å². The molecule has 7 aliphatic rings. The van der Waals surface area contributed by atoms with Gasteiger partial charge in [0, 0.05) is 54.1 Å². The largest absolute Gasteiger partial charge is 0.458 e. The van der Waals surface area contributed by atoms with Crippen LogP contribution in [0, 0.1) is 40.9 Å². The monoisotopic (exact) mass is 618 g/mol. The van der Waals surface area contributed by atoms with Crippen molar-refractivity contribution in [1.29, 1.82) is 0 Å². The maximum absolute atomic E-state index is 14.9. The molecule has 2 saturated heterocycles. The lowest BCUT2D eigenvalue weighted by molar-refractivity contribution is -0.237. The highest BCUT2D eigenvalue weighted by atomic mass is 16.6. The van der Waals surface area contributed by atoms with Gasteiger partial charge in [-0.25, -0.2) is 9.59 Å². The van der Waals surface area contributed by atoms with Crippen molar-refractivity contribution < 1.29 is 42.9 Å². The van der Waals surface area contributed by atoms with Crippen molar-refractivity contribution in [2.45, 2.75) is 101 Å². The molecule has 0 N–H and O–H groups in total. The number of carbonyl (C=O) groups is 5. The standard InChI is InChI=1S/C36H42O9/c1-7-26(38)44-35-14-13-34(25(37)15-23-17(3)9-11-21-19(5)32(40)42-30(21)28(23)34)36(35,45-27(39)8-2)16-24-18(4)10-12-22-20(6)33(41)43-31(22)29(24)35/h21-24,28-31H,3-16H2,1-2H3/t21-,22-,23-,24-,28?,29-,30-,31-,34+,35-,36-/m0/s1. The van der Waals surface area contributed by atoms with Gasteiger partial charge in [0.25, 0.3) is 0 Å². The first kappa shape index (κ1) is 30.2. The minimum absolute atomic E-state index is 0.0383. The molecular formula is C36H42O9. The highest BCUT2D eigenvalue weighted by molar-refractivity contribution is 5.94. The van der Waals surface area contributed by atoms with Crippen LogP contribution in [0.1, 0.15) is 78.1 Å². The van der Waals surface area contributed by atoms with Crippen molar-refractivity contribution in [3.63, 3.8) is 0 Å². The van der Waals surface area contributed by atoms with Crippen molar-refractivity contribution in [3.05, 3.63) is 48.6 Å². The van der Waals surface area contributed by atoms with E-state index < -0.39 is 64.5 Å². The lowest BCUT2D eigenvalue weighted by Gasteiger charge is -2.52. The Bertz CT molecular complexity index is 1490. The molecular weight excluding hydrogens is 576 g/mol. The quantitative estimate of drug-likeness (QED) is 0.188.